The standard InChI is InChI=1S/C24H23ClN4O4S/c1-4-5-13-34-24-26-22(32)21-16-9-6-7-11-18(16)28(14(2)30)23(29(21)27-24)17-10-8-12-19(20(17)25)33-15(3)31/h6-12,23H,4-5,13H2,1-3H3. The third kappa shape index (κ3) is 4.45. The van der Waals surface area contributed by atoms with Gasteiger partial charge in [0, 0.05) is 24.7 Å². The van der Waals surface area contributed by atoms with Gasteiger partial charge in [-0.15, -0.1) is 0 Å². The summed E-state index contributed by atoms with van der Waals surface area (Å²) in [6.45, 7) is 4.80. The number of carbonyl (C=O) groups excluding carboxylic acids is 2. The van der Waals surface area contributed by atoms with Gasteiger partial charge < -0.3 is 9.84 Å². The number of rotatable bonds is 6. The van der Waals surface area contributed by atoms with Crippen LogP contribution in [-0.4, -0.2) is 27.7 Å². The predicted molar refractivity (Wildman–Crippen MR) is 127 cm³/mol. The minimum Gasteiger partial charge on any atom is -0.854 e. The molecule has 1 unspecified atom stereocenters. The van der Waals surface area contributed by atoms with Crippen molar-refractivity contribution in [3.05, 3.63) is 53.1 Å². The molecule has 2 aromatic carbocycles. The summed E-state index contributed by atoms with van der Waals surface area (Å²) in [5.74, 6) is -0.318. The Bertz CT molecular complexity index is 1270. The number of aromatic nitrogens is 3. The lowest BCUT2D eigenvalue weighted by Crippen LogP contribution is -2.58. The van der Waals surface area contributed by atoms with Gasteiger partial charge in [0.05, 0.1) is 27.7 Å². The number of benzene rings is 2. The van der Waals surface area contributed by atoms with Crippen molar-refractivity contribution in [3.8, 4) is 22.9 Å². The molecule has 0 spiro atoms. The van der Waals surface area contributed by atoms with Crippen LogP contribution in [0.3, 0.4) is 0 Å². The number of nitrogens with zero attached hydrogens (tertiary/aromatic N) is 4. The molecule has 10 heteroatoms. The molecule has 1 atom stereocenters. The number of unbranched alkanes of at least 4 members (excludes halogenated alkanes) is 1. The first-order chi connectivity index (χ1) is 16.3. The average Bonchev–Trinajstić information content (AvgIpc) is 2.79. The van der Waals surface area contributed by atoms with Crippen LogP contribution in [-0.2, 0) is 9.59 Å². The fraction of sp³-hybridized carbons (Fsp3) is 0.292. The number of ether oxygens (including phenoxy) is 1. The van der Waals surface area contributed by atoms with E-state index >= 15 is 0 Å². The molecule has 176 valence electrons. The zero-order chi connectivity index (χ0) is 24.4. The zero-order valence-corrected chi connectivity index (χ0v) is 20.5. The van der Waals surface area contributed by atoms with Crippen LogP contribution in [0.1, 0.15) is 45.3 Å². The van der Waals surface area contributed by atoms with E-state index in [1.165, 1.54) is 35.2 Å². The van der Waals surface area contributed by atoms with Crippen molar-refractivity contribution in [2.24, 2.45) is 0 Å². The maximum absolute atomic E-state index is 13.2. The molecule has 4 rings (SSSR count). The largest absolute Gasteiger partial charge is 0.854 e. The van der Waals surface area contributed by atoms with Crippen molar-refractivity contribution in [1.29, 1.82) is 0 Å². The van der Waals surface area contributed by atoms with Crippen LogP contribution in [0.15, 0.2) is 47.6 Å². The highest BCUT2D eigenvalue weighted by Crippen LogP contribution is 2.43. The molecule has 0 bridgehead atoms. The topological polar surface area (TPSA) is 99.3 Å². The molecule has 1 aliphatic rings. The van der Waals surface area contributed by atoms with E-state index in [0.717, 1.165) is 18.6 Å². The van der Waals surface area contributed by atoms with Crippen LogP contribution in [0.2, 0.25) is 5.02 Å². The summed E-state index contributed by atoms with van der Waals surface area (Å²) in [4.78, 5) is 30.3. The van der Waals surface area contributed by atoms with Crippen LogP contribution >= 0.6 is 23.4 Å². The van der Waals surface area contributed by atoms with E-state index < -0.39 is 18.0 Å². The molecule has 8 nitrogen and oxygen atoms in total. The lowest BCUT2D eigenvalue weighted by Gasteiger charge is -2.33. The van der Waals surface area contributed by atoms with Crippen LogP contribution in [0.5, 0.6) is 11.6 Å². The predicted octanol–water partition coefficient (Wildman–Crippen LogP) is 3.89. The summed E-state index contributed by atoms with van der Waals surface area (Å²) in [5, 5.41) is 18.4. The fourth-order valence-electron chi connectivity index (χ4n) is 3.89. The minimum atomic E-state index is -0.883. The first-order valence-electron chi connectivity index (χ1n) is 10.8. The van der Waals surface area contributed by atoms with Crippen LogP contribution < -0.4 is 19.4 Å². The minimum absolute atomic E-state index is 0.151. The maximum atomic E-state index is 13.2. The molecule has 3 aromatic rings. The monoisotopic (exact) mass is 498 g/mol. The molecule has 1 aliphatic heterocycles. The van der Waals surface area contributed by atoms with Crippen molar-refractivity contribution >= 4 is 40.9 Å². The molecule has 1 amide bonds. The van der Waals surface area contributed by atoms with Gasteiger partial charge in [0.2, 0.25) is 5.91 Å². The fourth-order valence-corrected chi connectivity index (χ4v) is 5.06. The first kappa shape index (κ1) is 24.0. The molecular weight excluding hydrogens is 476 g/mol. The van der Waals surface area contributed by atoms with Gasteiger partial charge in [-0.2, -0.15) is 0 Å². The average molecular weight is 499 g/mol. The number of esters is 1. The van der Waals surface area contributed by atoms with Crippen LogP contribution in [0.4, 0.5) is 5.69 Å². The Labute approximate surface area is 206 Å². The first-order valence-corrected chi connectivity index (χ1v) is 12.2. The smallest absolute Gasteiger partial charge is 0.308 e. The zero-order valence-electron chi connectivity index (χ0n) is 18.9. The summed E-state index contributed by atoms with van der Waals surface area (Å²) >= 11 is 8.06. The van der Waals surface area contributed by atoms with Gasteiger partial charge in [-0.1, -0.05) is 59.6 Å². The number of hydrogen-bond donors (Lipinski definition) is 0. The number of thioether (sulfide) groups is 1. The van der Waals surface area contributed by atoms with Crippen LogP contribution in [0.25, 0.3) is 11.3 Å². The van der Waals surface area contributed by atoms with E-state index in [1.54, 1.807) is 42.5 Å². The SMILES string of the molecule is CCCCSc1nc([O-])c2[n+](n1)C(c1cccc(OC(C)=O)c1Cl)N(C(C)=O)c1ccccc1-2. The molecule has 2 heterocycles. The Balaban J connectivity index is 1.98. The molecule has 0 saturated heterocycles. The van der Waals surface area contributed by atoms with Gasteiger partial charge in [0.25, 0.3) is 17.0 Å². The second kappa shape index (κ2) is 9.99. The Hall–Kier alpha value is -3.17. The highest BCUT2D eigenvalue weighted by Gasteiger charge is 2.45. The van der Waals surface area contributed by atoms with E-state index in [0.29, 0.717) is 22.0 Å². The van der Waals surface area contributed by atoms with Crippen LogP contribution in [0, 0.1) is 0 Å². The summed E-state index contributed by atoms with van der Waals surface area (Å²) in [5.41, 5.74) is 1.81. The van der Waals surface area contributed by atoms with Gasteiger partial charge in [0.1, 0.15) is 5.75 Å². The van der Waals surface area contributed by atoms with Crippen molar-refractivity contribution < 1.29 is 24.1 Å². The van der Waals surface area contributed by atoms with Gasteiger partial charge in [-0.3, -0.25) is 9.59 Å². The summed E-state index contributed by atoms with van der Waals surface area (Å²) < 4.78 is 6.77. The van der Waals surface area contributed by atoms with Crippen molar-refractivity contribution in [1.82, 2.24) is 10.1 Å². The second-order valence-corrected chi connectivity index (χ2v) is 9.17. The normalized spacial score (nSPS) is 14.4. The number of para-hydroxylation sites is 1. The van der Waals surface area contributed by atoms with Crippen molar-refractivity contribution in [3.63, 3.8) is 0 Å². The second-order valence-electron chi connectivity index (χ2n) is 7.73. The van der Waals surface area contributed by atoms with E-state index in [9.17, 15) is 14.7 Å². The molecule has 0 saturated carbocycles. The third-order valence-electron chi connectivity index (χ3n) is 5.31. The summed E-state index contributed by atoms with van der Waals surface area (Å²) in [6, 6.07) is 12.1. The quantitative estimate of drug-likeness (QED) is 0.167. The number of fused-ring (bicyclic) bond motifs is 3. The molecule has 1 aromatic heterocycles. The van der Waals surface area contributed by atoms with Crippen molar-refractivity contribution in [2.75, 3.05) is 10.7 Å². The van der Waals surface area contributed by atoms with E-state index in [-0.39, 0.29) is 22.4 Å². The Kier molecular flexibility index (Phi) is 7.04. The Morgan fingerprint density at radius 2 is 1.97 bits per heavy atom. The molecule has 0 fully saturated rings. The molecule has 34 heavy (non-hydrogen) atoms. The van der Waals surface area contributed by atoms with E-state index in [2.05, 4.69) is 17.0 Å². The van der Waals surface area contributed by atoms with Gasteiger partial charge in [0.15, 0.2) is 0 Å². The van der Waals surface area contributed by atoms with E-state index in [1.807, 2.05) is 0 Å². The number of hydrogen-bond acceptors (Lipinski definition) is 7. The third-order valence-corrected chi connectivity index (χ3v) is 6.64. The molecule has 0 N–H and O–H groups in total. The maximum Gasteiger partial charge on any atom is 0.308 e. The highest BCUT2D eigenvalue weighted by atomic mass is 35.5. The van der Waals surface area contributed by atoms with Crippen molar-refractivity contribution in [2.45, 2.75) is 44.9 Å². The molecule has 0 aliphatic carbocycles. The number of amides is 1. The number of carbonyl (C=O) groups is 2. The molecule has 0 radical (unpaired) electrons. The van der Waals surface area contributed by atoms with Gasteiger partial charge in [-0.25, -0.2) is 9.88 Å². The highest BCUT2D eigenvalue weighted by molar-refractivity contribution is 7.99. The van der Waals surface area contributed by atoms with E-state index in [4.69, 9.17) is 16.3 Å². The Morgan fingerprint density at radius 1 is 1.21 bits per heavy atom. The summed E-state index contributed by atoms with van der Waals surface area (Å²) in [6.07, 6.45) is 1.07. The lowest BCUT2D eigenvalue weighted by molar-refractivity contribution is -0.764. The number of anilines is 1. The lowest BCUT2D eigenvalue weighted by atomic mass is 10.0. The molecular formula is C24H23ClN4O4S. The van der Waals surface area contributed by atoms with Gasteiger partial charge in [-0.05, 0) is 30.7 Å². The summed E-state index contributed by atoms with van der Waals surface area (Å²) in [7, 11) is 0. The Morgan fingerprint density at radius 3 is 2.68 bits per heavy atom. The van der Waals surface area contributed by atoms with Gasteiger partial charge >= 0.3 is 5.97 Å². The number of halogens is 1.